The monoisotopic (exact) mass is 268 g/mol. The van der Waals surface area contributed by atoms with Crippen molar-refractivity contribution in [3.05, 3.63) is 0 Å². The third-order valence-corrected chi connectivity index (χ3v) is 5.12. The highest BCUT2D eigenvalue weighted by Gasteiger charge is 2.34. The summed E-state index contributed by atoms with van der Waals surface area (Å²) in [6.07, 6.45) is 4.49. The highest BCUT2D eigenvalue weighted by molar-refractivity contribution is 5.79. The molecule has 2 aliphatic rings. The topological polar surface area (TPSA) is 66.6 Å². The lowest BCUT2D eigenvalue weighted by Crippen LogP contribution is -2.46. The molecule has 0 aromatic carbocycles. The van der Waals surface area contributed by atoms with Gasteiger partial charge in [-0.05, 0) is 50.9 Å². The molecule has 0 bridgehead atoms. The number of aliphatic hydroxyl groups is 1. The van der Waals surface area contributed by atoms with Crippen LogP contribution in [0.25, 0.3) is 0 Å². The Morgan fingerprint density at radius 3 is 2.42 bits per heavy atom. The lowest BCUT2D eigenvalue weighted by atomic mass is 9.78. The molecule has 1 heterocycles. The molecule has 3 N–H and O–H groups in total. The van der Waals surface area contributed by atoms with Crippen molar-refractivity contribution < 1.29 is 9.90 Å². The Kier molecular flexibility index (Phi) is 4.85. The van der Waals surface area contributed by atoms with Crippen LogP contribution in [0.15, 0.2) is 0 Å². The van der Waals surface area contributed by atoms with Crippen LogP contribution in [-0.2, 0) is 4.79 Å². The van der Waals surface area contributed by atoms with E-state index in [0.29, 0.717) is 17.7 Å². The average molecular weight is 268 g/mol. The van der Waals surface area contributed by atoms with Crippen molar-refractivity contribution in [2.45, 2.75) is 58.1 Å². The second-order valence-electron chi connectivity index (χ2n) is 6.55. The van der Waals surface area contributed by atoms with Gasteiger partial charge in [0, 0.05) is 25.0 Å². The van der Waals surface area contributed by atoms with Crippen molar-refractivity contribution in [3.8, 4) is 0 Å². The third kappa shape index (κ3) is 3.48. The maximum atomic E-state index is 12.5. The number of rotatable bonds is 2. The van der Waals surface area contributed by atoms with E-state index in [1.807, 2.05) is 11.8 Å². The van der Waals surface area contributed by atoms with Crippen LogP contribution in [0.1, 0.15) is 46.0 Å². The molecule has 4 nitrogen and oxygen atoms in total. The van der Waals surface area contributed by atoms with Crippen LogP contribution in [0.4, 0.5) is 0 Å². The van der Waals surface area contributed by atoms with Crippen molar-refractivity contribution in [3.63, 3.8) is 0 Å². The van der Waals surface area contributed by atoms with Crippen LogP contribution in [0.5, 0.6) is 0 Å². The lowest BCUT2D eigenvalue weighted by molar-refractivity contribution is -0.139. The van der Waals surface area contributed by atoms with E-state index in [2.05, 4.69) is 6.92 Å². The van der Waals surface area contributed by atoms with Gasteiger partial charge in [0.15, 0.2) is 0 Å². The lowest BCUT2D eigenvalue weighted by Gasteiger charge is -2.38. The Bertz CT molecular complexity index is 311. The zero-order valence-corrected chi connectivity index (χ0v) is 12.2. The first-order valence-corrected chi connectivity index (χ1v) is 7.71. The number of piperidine rings is 1. The minimum Gasteiger partial charge on any atom is -0.393 e. The van der Waals surface area contributed by atoms with Gasteiger partial charge in [0.25, 0.3) is 0 Å². The van der Waals surface area contributed by atoms with Crippen LogP contribution in [0.2, 0.25) is 0 Å². The summed E-state index contributed by atoms with van der Waals surface area (Å²) < 4.78 is 0. The van der Waals surface area contributed by atoms with E-state index in [1.165, 1.54) is 0 Å². The fourth-order valence-corrected chi connectivity index (χ4v) is 3.50. The molecule has 110 valence electrons. The Morgan fingerprint density at radius 1 is 1.26 bits per heavy atom. The first-order chi connectivity index (χ1) is 8.99. The molecule has 1 aliphatic carbocycles. The Labute approximate surface area is 116 Å². The van der Waals surface area contributed by atoms with Gasteiger partial charge in [0.2, 0.25) is 5.91 Å². The molecular formula is C15H28N2O2. The molecule has 4 atom stereocenters. The van der Waals surface area contributed by atoms with Crippen LogP contribution in [0, 0.1) is 17.8 Å². The normalized spacial score (nSPS) is 35.2. The maximum absolute atomic E-state index is 12.5. The number of carbonyl (C=O) groups excluding carboxylic acids is 1. The highest BCUT2D eigenvalue weighted by Crippen LogP contribution is 2.31. The molecule has 1 saturated heterocycles. The minimum absolute atomic E-state index is 0.179. The quantitative estimate of drug-likeness (QED) is 0.795. The van der Waals surface area contributed by atoms with Crippen LogP contribution in [-0.4, -0.2) is 41.1 Å². The Balaban J connectivity index is 1.84. The highest BCUT2D eigenvalue weighted by atomic mass is 16.3. The van der Waals surface area contributed by atoms with E-state index in [-0.39, 0.29) is 18.1 Å². The van der Waals surface area contributed by atoms with E-state index in [0.717, 1.165) is 45.2 Å². The number of nitrogens with two attached hydrogens (primary N) is 1. The largest absolute Gasteiger partial charge is 0.393 e. The van der Waals surface area contributed by atoms with Crippen molar-refractivity contribution in [1.29, 1.82) is 0 Å². The molecule has 1 amide bonds. The molecule has 2 rings (SSSR count). The van der Waals surface area contributed by atoms with Gasteiger partial charge < -0.3 is 15.7 Å². The predicted octanol–water partition coefficient (Wildman–Crippen LogP) is 1.37. The summed E-state index contributed by atoms with van der Waals surface area (Å²) in [4.78, 5) is 14.5. The van der Waals surface area contributed by atoms with Gasteiger partial charge in [-0.3, -0.25) is 4.79 Å². The van der Waals surface area contributed by atoms with Crippen LogP contribution in [0.3, 0.4) is 0 Å². The number of hydrogen-bond acceptors (Lipinski definition) is 3. The molecular weight excluding hydrogens is 240 g/mol. The standard InChI is InChI=1S/C15H28N2O2/c1-10-9-13(3-4-14(10)16)15(19)17-7-5-12(6-8-17)11(2)18/h10-14,18H,3-9,16H2,1-2H3. The molecule has 1 saturated carbocycles. The molecule has 1 aliphatic heterocycles. The summed E-state index contributed by atoms with van der Waals surface area (Å²) in [6, 6.07) is 0.269. The SMILES string of the molecule is CC(O)C1CCN(C(=O)C2CCC(N)C(C)C2)CC1. The predicted molar refractivity (Wildman–Crippen MR) is 75.5 cm³/mol. The number of aliphatic hydroxyl groups excluding tert-OH is 1. The summed E-state index contributed by atoms with van der Waals surface area (Å²) >= 11 is 0. The summed E-state index contributed by atoms with van der Waals surface area (Å²) in [5.41, 5.74) is 6.02. The third-order valence-electron chi connectivity index (χ3n) is 5.12. The van der Waals surface area contributed by atoms with Gasteiger partial charge in [-0.15, -0.1) is 0 Å². The minimum atomic E-state index is -0.245. The van der Waals surface area contributed by atoms with Crippen molar-refractivity contribution >= 4 is 5.91 Å². The van der Waals surface area contributed by atoms with E-state index in [9.17, 15) is 9.90 Å². The van der Waals surface area contributed by atoms with Gasteiger partial charge in [0.1, 0.15) is 0 Å². The number of hydrogen-bond donors (Lipinski definition) is 2. The molecule has 4 unspecified atom stereocenters. The van der Waals surface area contributed by atoms with E-state index in [4.69, 9.17) is 5.73 Å². The molecule has 4 heteroatoms. The molecule has 19 heavy (non-hydrogen) atoms. The number of likely N-dealkylation sites (tertiary alicyclic amines) is 1. The summed E-state index contributed by atoms with van der Waals surface area (Å²) in [5, 5.41) is 9.60. The van der Waals surface area contributed by atoms with E-state index in [1.54, 1.807) is 0 Å². The van der Waals surface area contributed by atoms with Crippen molar-refractivity contribution in [2.24, 2.45) is 23.5 Å². The first kappa shape index (κ1) is 14.8. The first-order valence-electron chi connectivity index (χ1n) is 7.71. The molecule has 0 radical (unpaired) electrons. The number of amides is 1. The smallest absolute Gasteiger partial charge is 0.225 e. The maximum Gasteiger partial charge on any atom is 0.225 e. The van der Waals surface area contributed by atoms with Crippen LogP contribution < -0.4 is 5.73 Å². The zero-order valence-electron chi connectivity index (χ0n) is 12.2. The number of carbonyl (C=O) groups is 1. The van der Waals surface area contributed by atoms with Crippen molar-refractivity contribution in [2.75, 3.05) is 13.1 Å². The average Bonchev–Trinajstić information content (AvgIpc) is 2.41. The van der Waals surface area contributed by atoms with Crippen LogP contribution >= 0.6 is 0 Å². The zero-order chi connectivity index (χ0) is 14.0. The van der Waals surface area contributed by atoms with E-state index >= 15 is 0 Å². The molecule has 2 fully saturated rings. The Morgan fingerprint density at radius 2 is 1.89 bits per heavy atom. The van der Waals surface area contributed by atoms with Gasteiger partial charge in [0.05, 0.1) is 6.10 Å². The Hall–Kier alpha value is -0.610. The molecule has 0 spiro atoms. The van der Waals surface area contributed by atoms with Gasteiger partial charge in [-0.1, -0.05) is 6.92 Å². The van der Waals surface area contributed by atoms with Gasteiger partial charge in [-0.2, -0.15) is 0 Å². The van der Waals surface area contributed by atoms with Crippen molar-refractivity contribution in [1.82, 2.24) is 4.90 Å². The summed E-state index contributed by atoms with van der Waals surface area (Å²) in [7, 11) is 0. The molecule has 0 aromatic heterocycles. The fraction of sp³-hybridized carbons (Fsp3) is 0.933. The van der Waals surface area contributed by atoms with Gasteiger partial charge in [-0.25, -0.2) is 0 Å². The second kappa shape index (κ2) is 6.23. The molecule has 0 aromatic rings. The summed E-state index contributed by atoms with van der Waals surface area (Å²) in [5.74, 6) is 1.32. The van der Waals surface area contributed by atoms with E-state index < -0.39 is 0 Å². The summed E-state index contributed by atoms with van der Waals surface area (Å²) in [6.45, 7) is 5.63. The fourth-order valence-electron chi connectivity index (χ4n) is 3.50. The number of nitrogens with zero attached hydrogens (tertiary/aromatic N) is 1. The second-order valence-corrected chi connectivity index (χ2v) is 6.55. The van der Waals surface area contributed by atoms with Gasteiger partial charge >= 0.3 is 0 Å².